The van der Waals surface area contributed by atoms with Crippen molar-refractivity contribution >= 4 is 19.1 Å². The van der Waals surface area contributed by atoms with E-state index in [1.165, 1.54) is 12.3 Å². The van der Waals surface area contributed by atoms with Gasteiger partial charge in [-0.05, 0) is 0 Å². The van der Waals surface area contributed by atoms with Gasteiger partial charge in [0.05, 0.1) is 0 Å². The van der Waals surface area contributed by atoms with E-state index in [4.69, 9.17) is 19.1 Å². The molecule has 0 aromatic carbocycles. The van der Waals surface area contributed by atoms with Crippen LogP contribution in [0.25, 0.3) is 0 Å². The molecule has 0 aromatic rings. The molecule has 0 N–H and O–H groups in total. The first kappa shape index (κ1) is 8.69. The Morgan fingerprint density at radius 1 is 1.30 bits per heavy atom. The van der Waals surface area contributed by atoms with Crippen LogP contribution in [0.15, 0.2) is 24.3 Å². The molecule has 0 radical (unpaired) electrons. The van der Waals surface area contributed by atoms with Gasteiger partial charge in [0.2, 0.25) is 0 Å². The molecule has 0 nitrogen and oxygen atoms in total. The average Bonchev–Trinajstić information content (AvgIpc) is 2.49. The Morgan fingerprint density at radius 2 is 1.80 bits per heavy atom. The van der Waals surface area contributed by atoms with Crippen molar-refractivity contribution in [1.29, 1.82) is 0 Å². The fourth-order valence-corrected chi connectivity index (χ4v) is 1.16. The third kappa shape index (κ3) is 2.33. The van der Waals surface area contributed by atoms with Crippen molar-refractivity contribution in [2.45, 2.75) is 6.42 Å². The van der Waals surface area contributed by atoms with Gasteiger partial charge in [-0.25, -0.2) is 0 Å². The normalized spacial score (nSPS) is 20.0. The number of fused-ring (bicyclic) bond motifs is 2. The van der Waals surface area contributed by atoms with E-state index in [0.29, 0.717) is 0 Å². The average molecular weight is 268 g/mol. The van der Waals surface area contributed by atoms with Crippen LogP contribution in [0, 0.1) is 11.8 Å². The molecule has 60 valence electrons. The Kier molecular flexibility index (Phi) is 3.88. The van der Waals surface area contributed by atoms with Crippen LogP contribution in [0.2, 0.25) is 0 Å². The van der Waals surface area contributed by atoms with Crippen molar-refractivity contribution in [3.05, 3.63) is 30.2 Å². The molecule has 0 heterocycles. The summed E-state index contributed by atoms with van der Waals surface area (Å²) in [5.41, 5.74) is 0. The van der Waals surface area contributed by atoms with Crippen molar-refractivity contribution in [3.63, 3.8) is 0 Å². The maximum atomic E-state index is 4.81. The topological polar surface area (TPSA) is 0 Å². The van der Waals surface area contributed by atoms with E-state index in [0.717, 1.165) is 5.92 Å². The zero-order valence-electron chi connectivity index (χ0n) is 5.17. The van der Waals surface area contributed by atoms with E-state index in [1.807, 2.05) is 0 Å². The summed E-state index contributed by atoms with van der Waals surface area (Å²) in [5, 5.41) is 0. The van der Waals surface area contributed by atoms with Gasteiger partial charge in [0, 0.05) is 0 Å². The Hall–Kier alpha value is 0.592. The van der Waals surface area contributed by atoms with E-state index < -0.39 is 0 Å². The first-order chi connectivity index (χ1) is 4.86. The molecule has 2 aliphatic rings. The second-order valence-electron chi connectivity index (χ2n) is 2.21. The van der Waals surface area contributed by atoms with Crippen molar-refractivity contribution in [1.82, 2.24) is 0 Å². The van der Waals surface area contributed by atoms with Crippen molar-refractivity contribution in [3.8, 4) is 0 Å². The first-order valence-electron chi connectivity index (χ1n) is 2.91. The Bertz CT molecular complexity index is 126. The van der Waals surface area contributed by atoms with Gasteiger partial charge in [0.15, 0.2) is 0 Å². The summed E-state index contributed by atoms with van der Waals surface area (Å²) in [6, 6.07) is 0. The number of allylic oxidation sites excluding steroid dienone is 4. The Labute approximate surface area is 77.4 Å². The van der Waals surface area contributed by atoms with Crippen LogP contribution in [0.1, 0.15) is 6.42 Å². The van der Waals surface area contributed by atoms with Gasteiger partial charge in [-0.15, -0.1) is 5.92 Å². The van der Waals surface area contributed by atoms with Crippen molar-refractivity contribution in [2.24, 2.45) is 5.92 Å². The van der Waals surface area contributed by atoms with Crippen LogP contribution in [-0.4, -0.2) is 0 Å². The maximum absolute atomic E-state index is 4.81. The molecule has 2 bridgehead atoms. The van der Waals surface area contributed by atoms with Gasteiger partial charge in [-0.2, -0.15) is 30.2 Å². The van der Waals surface area contributed by atoms with E-state index in [-0.39, 0.29) is 15.9 Å². The van der Waals surface area contributed by atoms with Crippen LogP contribution >= 0.6 is 19.1 Å². The van der Waals surface area contributed by atoms with Crippen LogP contribution < -0.4 is 0 Å². The van der Waals surface area contributed by atoms with E-state index in [9.17, 15) is 0 Å². The van der Waals surface area contributed by atoms with Crippen LogP contribution in [-0.2, 0) is 15.9 Å². The van der Waals surface area contributed by atoms with Gasteiger partial charge in [-0.1, -0.05) is 6.42 Å². The monoisotopic (exact) mass is 267 g/mol. The second-order valence-corrected chi connectivity index (χ2v) is 4.57. The predicted molar refractivity (Wildman–Crippen MR) is 41.3 cm³/mol. The van der Waals surface area contributed by atoms with Gasteiger partial charge < -0.3 is 0 Å². The molecule has 0 amide bonds. The minimum absolute atomic E-state index is 0.106. The first-order valence-corrected chi connectivity index (χ1v) is 6.92. The summed E-state index contributed by atoms with van der Waals surface area (Å²) in [5.74, 6) is 2.28. The van der Waals surface area contributed by atoms with Gasteiger partial charge in [-0.3, -0.25) is 0 Å². The molecule has 0 saturated carbocycles. The molecule has 0 fully saturated rings. The van der Waals surface area contributed by atoms with Crippen LogP contribution in [0.4, 0.5) is 0 Å². The standard InChI is InChI=1S/C7H7.2ClH.Pd/c1-2-7-4-3-6(1)5-7;;;/h1-4,6H,5H2;2*1H;/q-1;;;+2/p-2. The fourth-order valence-electron chi connectivity index (χ4n) is 1.16. The molecule has 2 aliphatic carbocycles. The molecule has 0 unspecified atom stereocenters. The van der Waals surface area contributed by atoms with Crippen molar-refractivity contribution < 1.29 is 15.9 Å². The summed E-state index contributed by atoms with van der Waals surface area (Å²) in [6.45, 7) is 0. The van der Waals surface area contributed by atoms with Crippen LogP contribution in [0.3, 0.4) is 0 Å². The zero-order valence-corrected chi connectivity index (χ0v) is 8.23. The molecule has 2 rings (SSSR count). The fraction of sp³-hybridized carbons (Fsp3) is 0.286. The van der Waals surface area contributed by atoms with E-state index in [1.54, 1.807) is 0 Å². The van der Waals surface area contributed by atoms with E-state index in [2.05, 4.69) is 24.3 Å². The predicted octanol–water partition coefficient (Wildman–Crippen LogP) is 3.08. The number of hydrogen-bond acceptors (Lipinski definition) is 0. The SMILES string of the molecule is C1=CC2C=C[C-]1C2.[Cl][Pd][Cl]. The molecular weight excluding hydrogens is 261 g/mol. The third-order valence-electron chi connectivity index (χ3n) is 1.59. The zero-order chi connectivity index (χ0) is 7.40. The van der Waals surface area contributed by atoms with Crippen LogP contribution in [0.5, 0.6) is 0 Å². The molecule has 0 aromatic heterocycles. The molecule has 10 heavy (non-hydrogen) atoms. The summed E-state index contributed by atoms with van der Waals surface area (Å²) >= 11 is -0.106. The third-order valence-corrected chi connectivity index (χ3v) is 1.59. The number of halogens is 2. The second kappa shape index (κ2) is 4.47. The summed E-state index contributed by atoms with van der Waals surface area (Å²) in [4.78, 5) is 0. The summed E-state index contributed by atoms with van der Waals surface area (Å²) < 4.78 is 0. The molecular formula is C7H7Cl2Pd-. The molecule has 0 spiro atoms. The molecule has 0 saturated heterocycles. The Balaban J connectivity index is 0.000000148. The van der Waals surface area contributed by atoms with Gasteiger partial charge in [0.25, 0.3) is 0 Å². The van der Waals surface area contributed by atoms with Gasteiger partial charge in [0.1, 0.15) is 0 Å². The van der Waals surface area contributed by atoms with Crippen molar-refractivity contribution in [2.75, 3.05) is 0 Å². The Morgan fingerprint density at radius 3 is 1.90 bits per heavy atom. The summed E-state index contributed by atoms with van der Waals surface area (Å²) in [6.07, 6.45) is 10.2. The quantitative estimate of drug-likeness (QED) is 0.468. The van der Waals surface area contributed by atoms with E-state index >= 15 is 0 Å². The van der Waals surface area contributed by atoms with Gasteiger partial charge >= 0.3 is 35.0 Å². The molecule has 3 heteroatoms. The minimum atomic E-state index is -0.106. The number of rotatable bonds is 0. The molecule has 0 atom stereocenters. The number of hydrogen-bond donors (Lipinski definition) is 0. The molecule has 0 aliphatic heterocycles. The summed E-state index contributed by atoms with van der Waals surface area (Å²) in [7, 11) is 9.63.